The van der Waals surface area contributed by atoms with Crippen molar-refractivity contribution in [2.24, 2.45) is 0 Å². The number of likely N-dealkylation sites (tertiary alicyclic amines) is 1. The second-order valence-corrected chi connectivity index (χ2v) is 3.50. The van der Waals surface area contributed by atoms with Crippen molar-refractivity contribution in [3.8, 4) is 0 Å². The fourth-order valence-corrected chi connectivity index (χ4v) is 1.76. The van der Waals surface area contributed by atoms with Crippen molar-refractivity contribution < 1.29 is 19.4 Å². The number of methoxy groups -OCH3 is 1. The molecule has 1 atom stereocenters. The summed E-state index contributed by atoms with van der Waals surface area (Å²) in [6, 6.07) is -0.508. The summed E-state index contributed by atoms with van der Waals surface area (Å²) in [6.45, 7) is 2.40. The van der Waals surface area contributed by atoms with Crippen LogP contribution in [0.4, 0.5) is 0 Å². The number of aliphatic carboxylic acids is 1. The van der Waals surface area contributed by atoms with Crippen molar-refractivity contribution >= 4 is 11.9 Å². The largest absolute Gasteiger partial charge is 0.480 e. The maximum absolute atomic E-state index is 11.0. The highest BCUT2D eigenvalue weighted by molar-refractivity contribution is 5.82. The molecule has 5 nitrogen and oxygen atoms in total. The second kappa shape index (κ2) is 4.82. The van der Waals surface area contributed by atoms with E-state index in [9.17, 15) is 9.59 Å². The van der Waals surface area contributed by atoms with E-state index in [1.165, 1.54) is 13.2 Å². The molecular weight excluding hydrogens is 198 g/mol. The predicted octanol–water partition coefficient (Wildman–Crippen LogP) is 0.612. The topological polar surface area (TPSA) is 66.8 Å². The normalized spacial score (nSPS) is 21.6. The molecule has 5 heteroatoms. The van der Waals surface area contributed by atoms with Gasteiger partial charge in [-0.3, -0.25) is 0 Å². The van der Waals surface area contributed by atoms with Crippen LogP contribution >= 0.6 is 0 Å². The molecule has 1 saturated heterocycles. The van der Waals surface area contributed by atoms with E-state index in [1.54, 1.807) is 11.8 Å². The summed E-state index contributed by atoms with van der Waals surface area (Å²) < 4.78 is 4.49. The Morgan fingerprint density at radius 1 is 1.53 bits per heavy atom. The third-order valence-corrected chi connectivity index (χ3v) is 2.52. The van der Waals surface area contributed by atoms with Crippen LogP contribution in [0.3, 0.4) is 0 Å². The van der Waals surface area contributed by atoms with Gasteiger partial charge in [-0.05, 0) is 19.8 Å². The highest BCUT2D eigenvalue weighted by Gasteiger charge is 2.30. The number of carboxylic acids is 1. The zero-order valence-corrected chi connectivity index (χ0v) is 8.90. The van der Waals surface area contributed by atoms with Crippen LogP contribution in [0.25, 0.3) is 0 Å². The summed E-state index contributed by atoms with van der Waals surface area (Å²) in [5.74, 6) is -1.30. The summed E-state index contributed by atoms with van der Waals surface area (Å²) in [6.07, 6.45) is 2.78. The first kappa shape index (κ1) is 11.6. The molecule has 15 heavy (non-hydrogen) atoms. The van der Waals surface area contributed by atoms with E-state index >= 15 is 0 Å². The molecule has 0 aromatic heterocycles. The van der Waals surface area contributed by atoms with Crippen molar-refractivity contribution in [3.63, 3.8) is 0 Å². The molecule has 0 bridgehead atoms. The summed E-state index contributed by atoms with van der Waals surface area (Å²) in [5.41, 5.74) is 0.645. The fourth-order valence-electron chi connectivity index (χ4n) is 1.76. The van der Waals surface area contributed by atoms with Gasteiger partial charge in [0.25, 0.3) is 0 Å². The van der Waals surface area contributed by atoms with Crippen LogP contribution < -0.4 is 0 Å². The van der Waals surface area contributed by atoms with Crippen molar-refractivity contribution in [1.82, 2.24) is 4.90 Å². The number of allylic oxidation sites excluding steroid dienone is 1. The van der Waals surface area contributed by atoms with E-state index in [4.69, 9.17) is 5.11 Å². The molecule has 1 heterocycles. The highest BCUT2D eigenvalue weighted by Crippen LogP contribution is 2.22. The Morgan fingerprint density at radius 2 is 2.20 bits per heavy atom. The summed E-state index contributed by atoms with van der Waals surface area (Å²) in [4.78, 5) is 23.6. The molecule has 0 aromatic rings. The number of carboxylic acid groups (broad SMARTS) is 1. The zero-order valence-electron chi connectivity index (χ0n) is 8.90. The van der Waals surface area contributed by atoms with Crippen molar-refractivity contribution in [1.29, 1.82) is 0 Å². The molecule has 0 aliphatic carbocycles. The lowest BCUT2D eigenvalue weighted by molar-refractivity contribution is -0.142. The number of hydrogen-bond donors (Lipinski definition) is 1. The van der Waals surface area contributed by atoms with Gasteiger partial charge in [0.05, 0.1) is 7.11 Å². The number of carbonyl (C=O) groups excluding carboxylic acids is 1. The van der Waals surface area contributed by atoms with Gasteiger partial charge >= 0.3 is 11.9 Å². The zero-order chi connectivity index (χ0) is 11.4. The molecule has 0 amide bonds. The molecule has 84 valence electrons. The Bertz CT molecular complexity index is 298. The van der Waals surface area contributed by atoms with Crippen LogP contribution in [0.15, 0.2) is 11.8 Å². The van der Waals surface area contributed by atoms with E-state index in [-0.39, 0.29) is 0 Å². The lowest BCUT2D eigenvalue weighted by Crippen LogP contribution is -2.34. The van der Waals surface area contributed by atoms with E-state index in [0.29, 0.717) is 18.7 Å². The molecule has 1 aliphatic rings. The van der Waals surface area contributed by atoms with Crippen LogP contribution in [-0.4, -0.2) is 41.6 Å². The molecule has 0 aromatic carbocycles. The first-order valence-corrected chi connectivity index (χ1v) is 4.82. The van der Waals surface area contributed by atoms with E-state index in [1.807, 2.05) is 0 Å². The van der Waals surface area contributed by atoms with Gasteiger partial charge in [-0.1, -0.05) is 0 Å². The van der Waals surface area contributed by atoms with Crippen LogP contribution in [0.2, 0.25) is 0 Å². The summed E-state index contributed by atoms with van der Waals surface area (Å²) in [5, 5.41) is 8.94. The summed E-state index contributed by atoms with van der Waals surface area (Å²) in [7, 11) is 1.30. The summed E-state index contributed by atoms with van der Waals surface area (Å²) >= 11 is 0. The first-order valence-electron chi connectivity index (χ1n) is 4.82. The van der Waals surface area contributed by atoms with Gasteiger partial charge in [-0.2, -0.15) is 0 Å². The Labute approximate surface area is 88.3 Å². The van der Waals surface area contributed by atoms with Gasteiger partial charge in [0.2, 0.25) is 0 Å². The first-order chi connectivity index (χ1) is 7.06. The van der Waals surface area contributed by atoms with Gasteiger partial charge in [-0.25, -0.2) is 9.59 Å². The Kier molecular flexibility index (Phi) is 3.71. The van der Waals surface area contributed by atoms with Crippen LogP contribution in [0.5, 0.6) is 0 Å². The molecule has 0 unspecified atom stereocenters. The highest BCUT2D eigenvalue weighted by atomic mass is 16.5. The molecule has 0 spiro atoms. The maximum Gasteiger partial charge on any atom is 0.332 e. The van der Waals surface area contributed by atoms with E-state index in [0.717, 1.165) is 6.42 Å². The van der Waals surface area contributed by atoms with Crippen LogP contribution in [-0.2, 0) is 14.3 Å². The van der Waals surface area contributed by atoms with Crippen molar-refractivity contribution in [2.75, 3.05) is 13.7 Å². The molecule has 1 rings (SSSR count). The third kappa shape index (κ3) is 2.71. The van der Waals surface area contributed by atoms with Gasteiger partial charge in [0.15, 0.2) is 0 Å². The minimum atomic E-state index is -0.842. The van der Waals surface area contributed by atoms with Crippen LogP contribution in [0.1, 0.15) is 19.8 Å². The standard InChI is InChI=1S/C10H15NO4/c1-7(6-9(12)15-2)11-5-3-4-8(11)10(13)14/h6,8H,3-5H2,1-2H3,(H,13,14)/t8-/m1/s1. The Morgan fingerprint density at radius 3 is 2.73 bits per heavy atom. The number of carbonyl (C=O) groups is 2. The molecule has 0 radical (unpaired) electrons. The van der Waals surface area contributed by atoms with Crippen molar-refractivity contribution in [2.45, 2.75) is 25.8 Å². The van der Waals surface area contributed by atoms with Crippen LogP contribution in [0, 0.1) is 0 Å². The number of nitrogens with zero attached hydrogens (tertiary/aromatic N) is 1. The minimum absolute atomic E-state index is 0.455. The van der Waals surface area contributed by atoms with Gasteiger partial charge in [-0.15, -0.1) is 0 Å². The number of hydrogen-bond acceptors (Lipinski definition) is 4. The molecule has 0 saturated carbocycles. The number of ether oxygens (including phenoxy) is 1. The van der Waals surface area contributed by atoms with Gasteiger partial charge in [0, 0.05) is 18.3 Å². The third-order valence-electron chi connectivity index (χ3n) is 2.52. The maximum atomic E-state index is 11.0. The Hall–Kier alpha value is -1.52. The van der Waals surface area contributed by atoms with Gasteiger partial charge in [0.1, 0.15) is 6.04 Å². The predicted molar refractivity (Wildman–Crippen MR) is 53.1 cm³/mol. The lowest BCUT2D eigenvalue weighted by Gasteiger charge is -2.23. The quantitative estimate of drug-likeness (QED) is 0.549. The average Bonchev–Trinajstić information content (AvgIpc) is 2.65. The average molecular weight is 213 g/mol. The Balaban J connectivity index is 2.74. The molecule has 1 N–H and O–H groups in total. The second-order valence-electron chi connectivity index (χ2n) is 3.50. The van der Waals surface area contributed by atoms with Crippen molar-refractivity contribution in [3.05, 3.63) is 11.8 Å². The smallest absolute Gasteiger partial charge is 0.332 e. The SMILES string of the molecule is COC(=O)C=C(C)N1CCC[C@@H]1C(=O)O. The van der Waals surface area contributed by atoms with E-state index < -0.39 is 18.0 Å². The van der Waals surface area contributed by atoms with E-state index in [2.05, 4.69) is 4.74 Å². The number of esters is 1. The monoisotopic (exact) mass is 213 g/mol. The molecular formula is C10H15NO4. The lowest BCUT2D eigenvalue weighted by atomic mass is 10.2. The molecule has 1 aliphatic heterocycles. The molecule has 1 fully saturated rings. The minimum Gasteiger partial charge on any atom is -0.480 e. The fraction of sp³-hybridized carbons (Fsp3) is 0.600. The number of rotatable bonds is 3. The van der Waals surface area contributed by atoms with Gasteiger partial charge < -0.3 is 14.7 Å².